The van der Waals surface area contributed by atoms with Crippen LogP contribution in [0.3, 0.4) is 0 Å². The molecule has 0 saturated carbocycles. The van der Waals surface area contributed by atoms with Crippen molar-refractivity contribution in [1.29, 1.82) is 0 Å². The fourth-order valence-electron chi connectivity index (χ4n) is 4.51. The van der Waals surface area contributed by atoms with E-state index in [1.807, 2.05) is 30.3 Å². The summed E-state index contributed by atoms with van der Waals surface area (Å²) in [5.41, 5.74) is 5.12. The largest absolute Gasteiger partial charge is 0.497 e. The summed E-state index contributed by atoms with van der Waals surface area (Å²) < 4.78 is 19.1. The molecule has 3 aromatic carbocycles. The van der Waals surface area contributed by atoms with Crippen molar-refractivity contribution in [3.05, 3.63) is 87.5 Å². The lowest BCUT2D eigenvalue weighted by atomic mass is 9.82. The number of carbonyl (C=O) groups excluding carboxylic acids is 1. The van der Waals surface area contributed by atoms with E-state index in [0.29, 0.717) is 5.56 Å². The van der Waals surface area contributed by atoms with Gasteiger partial charge in [-0.05, 0) is 88.4 Å². The average Bonchev–Trinajstić information content (AvgIpc) is 2.77. The number of Topliss-reactive ketones (excluding diaryl/α,β-unsaturated/α-hetero) is 1. The zero-order valence-electron chi connectivity index (χ0n) is 16.2. The molecule has 2 aliphatic rings. The molecule has 1 unspecified atom stereocenters. The predicted molar refractivity (Wildman–Crippen MR) is 113 cm³/mol. The van der Waals surface area contributed by atoms with Crippen molar-refractivity contribution in [3.63, 3.8) is 0 Å². The number of hydrogen-bond donors (Lipinski definition) is 0. The molecule has 0 fully saturated rings. The van der Waals surface area contributed by atoms with Gasteiger partial charge >= 0.3 is 0 Å². The van der Waals surface area contributed by atoms with Gasteiger partial charge in [0, 0.05) is 11.5 Å². The third-order valence-corrected chi connectivity index (χ3v) is 6.07. The molecule has 144 valence electrons. The van der Waals surface area contributed by atoms with Crippen LogP contribution in [0.2, 0.25) is 0 Å². The lowest BCUT2D eigenvalue weighted by Crippen LogP contribution is -2.37. The van der Waals surface area contributed by atoms with Gasteiger partial charge in [-0.3, -0.25) is 4.79 Å². The highest BCUT2D eigenvalue weighted by molar-refractivity contribution is 6.01. The molecule has 0 aliphatic heterocycles. The number of rotatable bonds is 3. The van der Waals surface area contributed by atoms with Gasteiger partial charge in [0.15, 0.2) is 5.78 Å². The monoisotopic (exact) mass is 384 g/mol. The normalized spacial score (nSPS) is 16.6. The molecular formula is C26H21FO2. The second-order valence-corrected chi connectivity index (χ2v) is 7.71. The predicted octanol–water partition coefficient (Wildman–Crippen LogP) is 4.06. The van der Waals surface area contributed by atoms with Gasteiger partial charge in [-0.15, -0.1) is 0 Å². The Morgan fingerprint density at radius 2 is 1.76 bits per heavy atom. The molecule has 5 rings (SSSR count). The van der Waals surface area contributed by atoms with Gasteiger partial charge in [0.05, 0.1) is 7.11 Å². The number of benzene rings is 3. The molecule has 0 bridgehead atoms. The smallest absolute Gasteiger partial charge is 0.169 e. The lowest BCUT2D eigenvalue weighted by Gasteiger charge is -2.21. The van der Waals surface area contributed by atoms with Gasteiger partial charge in [-0.1, -0.05) is 30.4 Å². The Balaban J connectivity index is 1.59. The molecular weight excluding hydrogens is 363 g/mol. The molecule has 0 radical (unpaired) electrons. The number of ether oxygens (including phenoxy) is 1. The number of fused-ring (bicyclic) bond motifs is 5. The van der Waals surface area contributed by atoms with E-state index in [0.717, 1.165) is 52.1 Å². The van der Waals surface area contributed by atoms with Crippen LogP contribution in [-0.2, 0) is 12.8 Å². The summed E-state index contributed by atoms with van der Waals surface area (Å²) in [6, 6.07) is 16.5. The van der Waals surface area contributed by atoms with E-state index >= 15 is 0 Å². The first-order chi connectivity index (χ1) is 14.1. The first-order valence-corrected chi connectivity index (χ1v) is 9.95. The van der Waals surface area contributed by atoms with Crippen molar-refractivity contribution in [3.8, 4) is 16.9 Å². The van der Waals surface area contributed by atoms with Crippen LogP contribution in [0.4, 0.5) is 4.39 Å². The fourth-order valence-corrected chi connectivity index (χ4v) is 4.51. The molecule has 3 heteroatoms. The number of methoxy groups -OCH3 is 1. The summed E-state index contributed by atoms with van der Waals surface area (Å²) in [7, 11) is 1.62. The summed E-state index contributed by atoms with van der Waals surface area (Å²) in [5, 5.41) is 2.27. The minimum absolute atomic E-state index is 0.137. The Kier molecular flexibility index (Phi) is 4.31. The standard InChI is InChI=1S/C26H21FO2/c1-29-21-10-5-18(6-11-21)26(28)19-3-2-16-7-13-23-22(24(16)14-19)12-8-17-4-9-20(27)15-25(17)23/h4-7,9-15,19H,2-3,8H2,1H3. The highest BCUT2D eigenvalue weighted by Gasteiger charge is 2.23. The number of halogens is 1. The molecule has 0 heterocycles. The van der Waals surface area contributed by atoms with Crippen molar-refractivity contribution in [1.82, 2.24) is 0 Å². The van der Waals surface area contributed by atoms with Crippen molar-refractivity contribution < 1.29 is 13.9 Å². The Hall–Kier alpha value is -3.20. The summed E-state index contributed by atoms with van der Waals surface area (Å²) in [6.07, 6.45) is 6.79. The topological polar surface area (TPSA) is 26.3 Å². The zero-order valence-corrected chi connectivity index (χ0v) is 16.2. The van der Waals surface area contributed by atoms with E-state index in [1.54, 1.807) is 13.2 Å². The fraction of sp³-hybridized carbons (Fsp3) is 0.192. The minimum atomic E-state index is -0.217. The van der Waals surface area contributed by atoms with Gasteiger partial charge < -0.3 is 4.74 Å². The first-order valence-electron chi connectivity index (χ1n) is 9.95. The Morgan fingerprint density at radius 1 is 0.966 bits per heavy atom. The van der Waals surface area contributed by atoms with Crippen LogP contribution in [0.5, 0.6) is 5.75 Å². The zero-order chi connectivity index (χ0) is 20.0. The van der Waals surface area contributed by atoms with E-state index in [-0.39, 0.29) is 17.5 Å². The molecule has 0 spiro atoms. The SMILES string of the molecule is COc1ccc(C(=O)C2C=c3c(ccc4c3=CCc3ccc(F)cc3-4)CC2)cc1. The van der Waals surface area contributed by atoms with E-state index in [9.17, 15) is 9.18 Å². The van der Waals surface area contributed by atoms with E-state index < -0.39 is 0 Å². The third kappa shape index (κ3) is 3.07. The molecule has 0 N–H and O–H groups in total. The van der Waals surface area contributed by atoms with Crippen LogP contribution in [0.15, 0.2) is 54.6 Å². The quantitative estimate of drug-likeness (QED) is 0.637. The van der Waals surface area contributed by atoms with Gasteiger partial charge in [0.25, 0.3) is 0 Å². The maximum atomic E-state index is 13.9. The van der Waals surface area contributed by atoms with Crippen LogP contribution in [0.25, 0.3) is 23.3 Å². The molecule has 1 atom stereocenters. The highest BCUT2D eigenvalue weighted by atomic mass is 19.1. The Labute approximate surface area is 169 Å². The summed E-state index contributed by atoms with van der Waals surface area (Å²) in [6.45, 7) is 0. The molecule has 0 amide bonds. The third-order valence-electron chi connectivity index (χ3n) is 6.07. The average molecular weight is 384 g/mol. The van der Waals surface area contributed by atoms with Gasteiger partial charge in [0.1, 0.15) is 11.6 Å². The highest BCUT2D eigenvalue weighted by Crippen LogP contribution is 2.27. The second kappa shape index (κ2) is 7.00. The molecule has 3 aromatic rings. The molecule has 2 nitrogen and oxygen atoms in total. The second-order valence-electron chi connectivity index (χ2n) is 7.71. The number of ketones is 1. The first kappa shape index (κ1) is 17.9. The Bertz CT molecular complexity index is 1240. The number of aryl methyl sites for hydroxylation is 1. The summed E-state index contributed by atoms with van der Waals surface area (Å²) in [5.74, 6) is 0.516. The minimum Gasteiger partial charge on any atom is -0.497 e. The number of carbonyl (C=O) groups is 1. The van der Waals surface area contributed by atoms with Crippen LogP contribution in [0, 0.1) is 11.7 Å². The lowest BCUT2D eigenvalue weighted by molar-refractivity contribution is 0.0946. The molecule has 29 heavy (non-hydrogen) atoms. The molecule has 0 aromatic heterocycles. The van der Waals surface area contributed by atoms with E-state index in [2.05, 4.69) is 24.3 Å². The molecule has 0 saturated heterocycles. The van der Waals surface area contributed by atoms with Gasteiger partial charge in [-0.25, -0.2) is 4.39 Å². The maximum absolute atomic E-state index is 13.9. The van der Waals surface area contributed by atoms with Crippen LogP contribution >= 0.6 is 0 Å². The van der Waals surface area contributed by atoms with E-state index in [1.165, 1.54) is 11.6 Å². The van der Waals surface area contributed by atoms with E-state index in [4.69, 9.17) is 4.74 Å². The maximum Gasteiger partial charge on any atom is 0.169 e. The number of hydrogen-bond acceptors (Lipinski definition) is 2. The van der Waals surface area contributed by atoms with Gasteiger partial charge in [0.2, 0.25) is 0 Å². The summed E-state index contributed by atoms with van der Waals surface area (Å²) in [4.78, 5) is 13.1. The van der Waals surface area contributed by atoms with Crippen LogP contribution in [-0.4, -0.2) is 12.9 Å². The van der Waals surface area contributed by atoms with Crippen molar-refractivity contribution >= 4 is 17.9 Å². The molecule has 2 aliphatic carbocycles. The van der Waals surface area contributed by atoms with Gasteiger partial charge in [-0.2, -0.15) is 0 Å². The van der Waals surface area contributed by atoms with Crippen molar-refractivity contribution in [2.45, 2.75) is 19.3 Å². The van der Waals surface area contributed by atoms with Crippen molar-refractivity contribution in [2.75, 3.05) is 7.11 Å². The Morgan fingerprint density at radius 3 is 2.55 bits per heavy atom. The van der Waals surface area contributed by atoms with Crippen LogP contribution in [0.1, 0.15) is 27.9 Å². The van der Waals surface area contributed by atoms with Crippen LogP contribution < -0.4 is 15.2 Å². The summed E-state index contributed by atoms with van der Waals surface area (Å²) >= 11 is 0. The van der Waals surface area contributed by atoms with Crippen molar-refractivity contribution in [2.24, 2.45) is 5.92 Å².